The van der Waals surface area contributed by atoms with E-state index in [2.05, 4.69) is 21.4 Å². The number of likely N-dealkylation sites (N-methyl/N-ethyl adjacent to an activating group) is 1. The zero-order valence-electron chi connectivity index (χ0n) is 10.8. The first-order chi connectivity index (χ1) is 9.38. The number of hydrogen-bond acceptors (Lipinski definition) is 4. The molecule has 3 rings (SSSR count). The molecule has 0 unspecified atom stereocenters. The SMILES string of the molecule is CNCCc1ccccc1-c1nc2ncccc2o1. The zero-order chi connectivity index (χ0) is 13.1. The van der Waals surface area contributed by atoms with E-state index >= 15 is 0 Å². The summed E-state index contributed by atoms with van der Waals surface area (Å²) in [6, 6.07) is 11.9. The van der Waals surface area contributed by atoms with Gasteiger partial charge < -0.3 is 9.73 Å². The molecule has 0 atom stereocenters. The van der Waals surface area contributed by atoms with E-state index in [0.29, 0.717) is 11.5 Å². The number of rotatable bonds is 4. The van der Waals surface area contributed by atoms with Crippen LogP contribution >= 0.6 is 0 Å². The molecular formula is C15H15N3O. The quantitative estimate of drug-likeness (QED) is 0.776. The number of nitrogens with zero attached hydrogens (tertiary/aromatic N) is 2. The average Bonchev–Trinajstić information content (AvgIpc) is 2.89. The van der Waals surface area contributed by atoms with Gasteiger partial charge in [-0.25, -0.2) is 4.98 Å². The number of nitrogens with one attached hydrogen (secondary N) is 1. The minimum atomic E-state index is 0.639. The van der Waals surface area contributed by atoms with Crippen LogP contribution in [0.15, 0.2) is 47.0 Å². The van der Waals surface area contributed by atoms with E-state index in [4.69, 9.17) is 4.42 Å². The molecule has 0 fully saturated rings. The molecule has 96 valence electrons. The number of aromatic nitrogens is 2. The first-order valence-electron chi connectivity index (χ1n) is 6.33. The average molecular weight is 253 g/mol. The van der Waals surface area contributed by atoms with Crippen LogP contribution in [0.4, 0.5) is 0 Å². The highest BCUT2D eigenvalue weighted by molar-refractivity contribution is 5.72. The summed E-state index contributed by atoms with van der Waals surface area (Å²) in [6.07, 6.45) is 2.67. The van der Waals surface area contributed by atoms with E-state index in [1.165, 1.54) is 5.56 Å². The molecule has 2 aromatic heterocycles. The maximum Gasteiger partial charge on any atom is 0.229 e. The Kier molecular flexibility index (Phi) is 3.25. The smallest absolute Gasteiger partial charge is 0.229 e. The van der Waals surface area contributed by atoms with Crippen LogP contribution in [0, 0.1) is 0 Å². The van der Waals surface area contributed by atoms with Gasteiger partial charge >= 0.3 is 0 Å². The lowest BCUT2D eigenvalue weighted by atomic mass is 10.0. The summed E-state index contributed by atoms with van der Waals surface area (Å²) in [5, 5.41) is 3.16. The van der Waals surface area contributed by atoms with Crippen LogP contribution < -0.4 is 5.32 Å². The van der Waals surface area contributed by atoms with Crippen molar-refractivity contribution in [1.82, 2.24) is 15.3 Å². The van der Waals surface area contributed by atoms with E-state index in [0.717, 1.165) is 24.1 Å². The minimum absolute atomic E-state index is 0.639. The summed E-state index contributed by atoms with van der Waals surface area (Å²) in [4.78, 5) is 8.66. The molecule has 4 heteroatoms. The fourth-order valence-electron chi connectivity index (χ4n) is 2.09. The Morgan fingerprint density at radius 2 is 2.05 bits per heavy atom. The highest BCUT2D eigenvalue weighted by atomic mass is 16.3. The fourth-order valence-corrected chi connectivity index (χ4v) is 2.09. The third-order valence-electron chi connectivity index (χ3n) is 3.06. The van der Waals surface area contributed by atoms with Crippen molar-refractivity contribution in [3.63, 3.8) is 0 Å². The van der Waals surface area contributed by atoms with Crippen LogP contribution in [-0.2, 0) is 6.42 Å². The van der Waals surface area contributed by atoms with Gasteiger partial charge in [0.15, 0.2) is 11.2 Å². The van der Waals surface area contributed by atoms with Gasteiger partial charge in [0.1, 0.15) is 0 Å². The van der Waals surface area contributed by atoms with Gasteiger partial charge in [-0.3, -0.25) is 0 Å². The van der Waals surface area contributed by atoms with Crippen molar-refractivity contribution in [3.05, 3.63) is 48.2 Å². The summed E-state index contributed by atoms with van der Waals surface area (Å²) in [5.74, 6) is 0.639. The second-order valence-corrected chi connectivity index (χ2v) is 4.35. The molecule has 0 aliphatic carbocycles. The summed E-state index contributed by atoms with van der Waals surface area (Å²) < 4.78 is 5.78. The van der Waals surface area contributed by atoms with E-state index in [-0.39, 0.29) is 0 Å². The molecule has 2 heterocycles. The molecule has 19 heavy (non-hydrogen) atoms. The van der Waals surface area contributed by atoms with Crippen molar-refractivity contribution in [1.29, 1.82) is 0 Å². The highest BCUT2D eigenvalue weighted by Gasteiger charge is 2.11. The number of fused-ring (bicyclic) bond motifs is 1. The topological polar surface area (TPSA) is 51.0 Å². The van der Waals surface area contributed by atoms with Crippen molar-refractivity contribution in [2.75, 3.05) is 13.6 Å². The van der Waals surface area contributed by atoms with Crippen molar-refractivity contribution in [2.24, 2.45) is 0 Å². The summed E-state index contributed by atoms with van der Waals surface area (Å²) in [5.41, 5.74) is 3.64. The van der Waals surface area contributed by atoms with E-state index in [1.807, 2.05) is 37.4 Å². The monoisotopic (exact) mass is 253 g/mol. The Labute approximate surface area is 111 Å². The Morgan fingerprint density at radius 1 is 1.16 bits per heavy atom. The number of pyridine rings is 1. The molecule has 1 aromatic carbocycles. The molecule has 0 spiro atoms. The Balaban J connectivity index is 2.05. The molecule has 4 nitrogen and oxygen atoms in total. The van der Waals surface area contributed by atoms with Gasteiger partial charge in [0.2, 0.25) is 5.89 Å². The van der Waals surface area contributed by atoms with Gasteiger partial charge in [-0.05, 0) is 43.8 Å². The zero-order valence-corrected chi connectivity index (χ0v) is 10.8. The molecule has 0 aliphatic heterocycles. The van der Waals surface area contributed by atoms with Gasteiger partial charge in [0.25, 0.3) is 0 Å². The second kappa shape index (κ2) is 5.20. The van der Waals surface area contributed by atoms with Crippen molar-refractivity contribution >= 4 is 11.2 Å². The van der Waals surface area contributed by atoms with E-state index in [1.54, 1.807) is 6.20 Å². The lowest BCUT2D eigenvalue weighted by Crippen LogP contribution is -2.10. The number of oxazole rings is 1. The van der Waals surface area contributed by atoms with E-state index in [9.17, 15) is 0 Å². The van der Waals surface area contributed by atoms with Crippen molar-refractivity contribution < 1.29 is 4.42 Å². The van der Waals surface area contributed by atoms with E-state index < -0.39 is 0 Å². The van der Waals surface area contributed by atoms with Gasteiger partial charge in [0, 0.05) is 11.8 Å². The van der Waals surface area contributed by atoms with Crippen LogP contribution in [0.5, 0.6) is 0 Å². The number of benzene rings is 1. The maximum atomic E-state index is 5.78. The highest BCUT2D eigenvalue weighted by Crippen LogP contribution is 2.26. The molecule has 0 saturated heterocycles. The molecule has 0 saturated carbocycles. The number of hydrogen-bond donors (Lipinski definition) is 1. The molecule has 0 radical (unpaired) electrons. The largest absolute Gasteiger partial charge is 0.434 e. The van der Waals surface area contributed by atoms with Crippen LogP contribution in [0.25, 0.3) is 22.7 Å². The molecule has 0 amide bonds. The first kappa shape index (κ1) is 11.9. The Bertz CT molecular complexity index is 657. The van der Waals surface area contributed by atoms with Gasteiger partial charge in [-0.15, -0.1) is 0 Å². The summed E-state index contributed by atoms with van der Waals surface area (Å²) in [7, 11) is 1.95. The maximum absolute atomic E-state index is 5.78. The third kappa shape index (κ3) is 2.35. The first-order valence-corrected chi connectivity index (χ1v) is 6.33. The summed E-state index contributed by atoms with van der Waals surface area (Å²) in [6.45, 7) is 0.926. The van der Waals surface area contributed by atoms with Crippen LogP contribution in [0.1, 0.15) is 5.56 Å². The summed E-state index contributed by atoms with van der Waals surface area (Å²) >= 11 is 0. The molecular weight excluding hydrogens is 238 g/mol. The Morgan fingerprint density at radius 3 is 2.89 bits per heavy atom. The molecule has 0 bridgehead atoms. The fraction of sp³-hybridized carbons (Fsp3) is 0.200. The minimum Gasteiger partial charge on any atom is -0.434 e. The lowest BCUT2D eigenvalue weighted by Gasteiger charge is -2.05. The van der Waals surface area contributed by atoms with Crippen LogP contribution in [-0.4, -0.2) is 23.6 Å². The molecule has 3 aromatic rings. The molecule has 1 N–H and O–H groups in total. The van der Waals surface area contributed by atoms with Crippen molar-refractivity contribution in [2.45, 2.75) is 6.42 Å². The lowest BCUT2D eigenvalue weighted by molar-refractivity contribution is 0.618. The Hall–Kier alpha value is -2.20. The normalized spacial score (nSPS) is 11.0. The molecule has 0 aliphatic rings. The van der Waals surface area contributed by atoms with Crippen molar-refractivity contribution in [3.8, 4) is 11.5 Å². The van der Waals surface area contributed by atoms with Gasteiger partial charge in [-0.2, -0.15) is 4.98 Å². The second-order valence-electron chi connectivity index (χ2n) is 4.35. The van der Waals surface area contributed by atoms with Gasteiger partial charge in [0.05, 0.1) is 0 Å². The van der Waals surface area contributed by atoms with Crippen LogP contribution in [0.2, 0.25) is 0 Å². The predicted molar refractivity (Wildman–Crippen MR) is 74.9 cm³/mol. The van der Waals surface area contributed by atoms with Gasteiger partial charge in [-0.1, -0.05) is 18.2 Å². The predicted octanol–water partition coefficient (Wildman–Crippen LogP) is 2.65. The third-order valence-corrected chi connectivity index (χ3v) is 3.06. The van der Waals surface area contributed by atoms with Crippen LogP contribution in [0.3, 0.4) is 0 Å². The standard InChI is InChI=1S/C15H15N3O/c1-16-10-8-11-5-2-3-6-12(11)15-18-14-13(19-15)7-4-9-17-14/h2-7,9,16H,8,10H2,1H3.